The Kier molecular flexibility index (Phi) is 1.65. The van der Waals surface area contributed by atoms with Gasteiger partial charge in [0.15, 0.2) is 11.5 Å². The molecule has 1 N–H and O–H groups in total. The van der Waals surface area contributed by atoms with Gasteiger partial charge in [0.1, 0.15) is 12.2 Å². The quantitative estimate of drug-likeness (QED) is 0.799. The Morgan fingerprint density at radius 3 is 3.27 bits per heavy atom. The molecule has 2 aliphatic carbocycles. The van der Waals surface area contributed by atoms with Gasteiger partial charge in [-0.05, 0) is 38.1 Å². The Bertz CT molecular complexity index is 869. The smallest absolute Gasteiger partial charge is 0.165 e. The standard InChI is InChI=1S/C18H21NO3/c1-19-8-7-18-11-4-5-13(20)17(18)22-16-14(21-2)6-3-10(15(16)18)9-12(11)19/h3-6,11-13,17,20H,7-9H2,1-2H3/t11-,12+,13?,17?,18-/m0/s1/i2D3,11D,13D. The molecule has 0 aromatic heterocycles. The monoisotopic (exact) mass is 304 g/mol. The Hall–Kier alpha value is -1.52. The van der Waals surface area contributed by atoms with E-state index < -0.39 is 30.5 Å². The van der Waals surface area contributed by atoms with Crippen molar-refractivity contribution in [3.8, 4) is 11.5 Å². The lowest BCUT2D eigenvalue weighted by Crippen LogP contribution is -2.64. The Morgan fingerprint density at radius 2 is 2.41 bits per heavy atom. The first-order chi connectivity index (χ1) is 12.5. The summed E-state index contributed by atoms with van der Waals surface area (Å²) in [7, 11) is -0.650. The van der Waals surface area contributed by atoms with Crippen LogP contribution in [0.5, 0.6) is 11.5 Å². The molecule has 1 spiro atoms. The van der Waals surface area contributed by atoms with E-state index in [0.717, 1.165) is 11.1 Å². The van der Waals surface area contributed by atoms with E-state index in [1.807, 2.05) is 13.1 Å². The summed E-state index contributed by atoms with van der Waals surface area (Å²) in [6, 6.07) is 3.30. The van der Waals surface area contributed by atoms with Gasteiger partial charge in [-0.2, -0.15) is 0 Å². The minimum atomic E-state index is -2.64. The molecule has 4 aliphatic rings. The second kappa shape index (κ2) is 4.06. The molecular formula is C18H21NO3. The zero-order valence-corrected chi connectivity index (χ0v) is 12.3. The summed E-state index contributed by atoms with van der Waals surface area (Å²) in [6.07, 6.45) is 1.16. The summed E-state index contributed by atoms with van der Waals surface area (Å²) in [5, 5.41) is 10.8. The molecule has 0 saturated carbocycles. The van der Waals surface area contributed by atoms with Crippen LogP contribution in [0.4, 0.5) is 0 Å². The van der Waals surface area contributed by atoms with E-state index in [1.54, 1.807) is 12.1 Å². The first kappa shape index (κ1) is 8.94. The van der Waals surface area contributed by atoms with E-state index >= 15 is 0 Å². The molecule has 22 heavy (non-hydrogen) atoms. The maximum atomic E-state index is 10.8. The van der Waals surface area contributed by atoms with Crippen LogP contribution in [0.15, 0.2) is 24.3 Å². The summed E-state index contributed by atoms with van der Waals surface area (Å²) >= 11 is 0. The van der Waals surface area contributed by atoms with Gasteiger partial charge in [-0.15, -0.1) is 0 Å². The largest absolute Gasteiger partial charge is 0.493 e. The number of likely N-dealkylation sites (N-methyl/N-ethyl adjacent to an activating group) is 1. The molecule has 2 bridgehead atoms. The third-order valence-corrected chi connectivity index (χ3v) is 5.83. The second-order valence-electron chi connectivity index (χ2n) is 6.66. The summed E-state index contributed by atoms with van der Waals surface area (Å²) in [6.45, 7) is 0.707. The molecule has 116 valence electrons. The molecule has 1 fully saturated rings. The zero-order valence-electron chi connectivity index (χ0n) is 17.3. The average Bonchev–Trinajstić information content (AvgIpc) is 2.92. The van der Waals surface area contributed by atoms with Crippen molar-refractivity contribution in [1.82, 2.24) is 4.90 Å². The van der Waals surface area contributed by atoms with Crippen LogP contribution in [0.1, 0.15) is 24.4 Å². The summed E-state index contributed by atoms with van der Waals surface area (Å²) in [5.74, 6) is -0.731. The SMILES string of the molecule is [2H]C([2H])([2H])Oc1ccc2c3c1OC1C([2H])(O)C=C[C@@]4([2H])[C@@H](C2)N(C)CC[C@]314. The van der Waals surface area contributed by atoms with Crippen molar-refractivity contribution in [1.29, 1.82) is 0 Å². The number of benzene rings is 1. The van der Waals surface area contributed by atoms with E-state index in [-0.39, 0.29) is 17.5 Å². The fraction of sp³-hybridized carbons (Fsp3) is 0.556. The van der Waals surface area contributed by atoms with Crippen molar-refractivity contribution in [3.63, 3.8) is 0 Å². The summed E-state index contributed by atoms with van der Waals surface area (Å²) in [5.41, 5.74) is 0.798. The maximum absolute atomic E-state index is 10.8. The lowest BCUT2D eigenvalue weighted by molar-refractivity contribution is -0.0453. The van der Waals surface area contributed by atoms with Gasteiger partial charge in [-0.3, -0.25) is 0 Å². The molecule has 2 unspecified atom stereocenters. The van der Waals surface area contributed by atoms with Gasteiger partial charge in [-0.25, -0.2) is 0 Å². The lowest BCUT2D eigenvalue weighted by atomic mass is 9.53. The van der Waals surface area contributed by atoms with Crippen LogP contribution in [0.25, 0.3) is 0 Å². The predicted octanol–water partition coefficient (Wildman–Crippen LogP) is 1.50. The van der Waals surface area contributed by atoms with Crippen LogP contribution >= 0.6 is 0 Å². The molecule has 1 aromatic carbocycles. The normalized spacial score (nSPS) is 51.6. The molecule has 4 nitrogen and oxygen atoms in total. The van der Waals surface area contributed by atoms with Gasteiger partial charge in [0.2, 0.25) is 0 Å². The number of ether oxygens (including phenoxy) is 2. The highest BCUT2D eigenvalue weighted by Crippen LogP contribution is 2.62. The van der Waals surface area contributed by atoms with E-state index in [9.17, 15) is 6.48 Å². The van der Waals surface area contributed by atoms with Crippen molar-refractivity contribution in [2.75, 3.05) is 20.6 Å². The van der Waals surface area contributed by atoms with Gasteiger partial charge < -0.3 is 19.5 Å². The minimum Gasteiger partial charge on any atom is -0.493 e. The van der Waals surface area contributed by atoms with Crippen LogP contribution in [0.3, 0.4) is 0 Å². The number of likely N-dealkylation sites (tertiary alicyclic amines) is 1. The molecule has 0 amide bonds. The molecule has 5 rings (SSSR count). The Morgan fingerprint density at radius 1 is 1.50 bits per heavy atom. The first-order valence-corrected chi connectivity index (χ1v) is 7.65. The fourth-order valence-electron chi connectivity index (χ4n) is 4.86. The van der Waals surface area contributed by atoms with Crippen LogP contribution in [0, 0.1) is 5.89 Å². The number of aliphatic hydroxyl groups is 1. The average molecular weight is 304 g/mol. The molecule has 2 aliphatic heterocycles. The molecule has 0 radical (unpaired) electrons. The number of rotatable bonds is 1. The van der Waals surface area contributed by atoms with Crippen molar-refractivity contribution in [3.05, 3.63) is 35.4 Å². The highest BCUT2D eigenvalue weighted by atomic mass is 16.5. The molecule has 1 saturated heterocycles. The Labute approximate surface area is 137 Å². The van der Waals surface area contributed by atoms with Gasteiger partial charge in [0.05, 0.1) is 12.5 Å². The third-order valence-electron chi connectivity index (χ3n) is 5.83. The van der Waals surface area contributed by atoms with Crippen molar-refractivity contribution >= 4 is 0 Å². The Balaban J connectivity index is 1.80. The molecule has 4 heteroatoms. The van der Waals surface area contributed by atoms with Gasteiger partial charge in [-0.1, -0.05) is 18.2 Å². The molecule has 5 atom stereocenters. The minimum absolute atomic E-state index is 0.0769. The van der Waals surface area contributed by atoms with E-state index in [1.165, 1.54) is 6.08 Å². The molecule has 2 heterocycles. The highest BCUT2D eigenvalue weighted by molar-refractivity contribution is 5.62. The second-order valence-corrected chi connectivity index (χ2v) is 6.66. The van der Waals surface area contributed by atoms with Crippen LogP contribution in [-0.2, 0) is 11.8 Å². The summed E-state index contributed by atoms with van der Waals surface area (Å²) in [4.78, 5) is 2.15. The van der Waals surface area contributed by atoms with Crippen LogP contribution < -0.4 is 9.47 Å². The van der Waals surface area contributed by atoms with Gasteiger partial charge >= 0.3 is 0 Å². The van der Waals surface area contributed by atoms with Crippen molar-refractivity contribution in [2.45, 2.75) is 36.5 Å². The number of hydrogen-bond acceptors (Lipinski definition) is 4. The van der Waals surface area contributed by atoms with Gasteiger partial charge in [0.25, 0.3) is 0 Å². The number of hydrogen-bond donors (Lipinski definition) is 1. The van der Waals surface area contributed by atoms with Crippen molar-refractivity contribution < 1.29 is 21.4 Å². The first-order valence-electron chi connectivity index (χ1n) is 10.1. The van der Waals surface area contributed by atoms with E-state index in [2.05, 4.69) is 4.90 Å². The third kappa shape index (κ3) is 1.28. The van der Waals surface area contributed by atoms with E-state index in [0.29, 0.717) is 19.4 Å². The topological polar surface area (TPSA) is 41.9 Å². The predicted molar refractivity (Wildman–Crippen MR) is 82.5 cm³/mol. The molecule has 1 aromatic rings. The van der Waals surface area contributed by atoms with Crippen molar-refractivity contribution in [2.24, 2.45) is 5.89 Å². The van der Waals surface area contributed by atoms with Crippen LogP contribution in [0.2, 0.25) is 0 Å². The zero-order chi connectivity index (χ0) is 19.4. The fourth-order valence-corrected chi connectivity index (χ4v) is 4.86. The number of methoxy groups -OCH3 is 1. The van der Waals surface area contributed by atoms with Gasteiger partial charge in [0, 0.05) is 24.3 Å². The van der Waals surface area contributed by atoms with Crippen LogP contribution in [-0.4, -0.2) is 48.9 Å². The number of nitrogens with zero attached hydrogens (tertiary/aromatic N) is 1. The molecular weight excluding hydrogens is 278 g/mol. The maximum Gasteiger partial charge on any atom is 0.165 e. The summed E-state index contributed by atoms with van der Waals surface area (Å²) < 4.78 is 51.3. The highest BCUT2D eigenvalue weighted by Gasteiger charge is 2.64. The number of piperidine rings is 1. The van der Waals surface area contributed by atoms with E-state index in [4.69, 9.17) is 15.0 Å². The lowest BCUT2D eigenvalue weighted by Gasteiger charge is -2.56.